The van der Waals surface area contributed by atoms with Crippen LogP contribution in [0.25, 0.3) is 0 Å². The molecule has 1 aliphatic heterocycles. The number of hydrogen-bond donors (Lipinski definition) is 1. The van der Waals surface area contributed by atoms with Crippen LogP contribution in [0.1, 0.15) is 32.1 Å². The quantitative estimate of drug-likeness (QED) is 0.904. The third-order valence-electron chi connectivity index (χ3n) is 4.25. The Kier molecular flexibility index (Phi) is 5.13. The summed E-state index contributed by atoms with van der Waals surface area (Å²) in [4.78, 5) is 11.8. The Morgan fingerprint density at radius 2 is 2.09 bits per heavy atom. The number of halogens is 1. The van der Waals surface area contributed by atoms with Crippen molar-refractivity contribution in [3.8, 4) is 5.75 Å². The zero-order valence-electron chi connectivity index (χ0n) is 13.1. The van der Waals surface area contributed by atoms with Gasteiger partial charge in [-0.25, -0.2) is 4.39 Å². The molecule has 1 saturated carbocycles. The molecule has 1 atom stereocenters. The molecule has 2 aliphatic rings. The summed E-state index contributed by atoms with van der Waals surface area (Å²) in [5, 5.41) is 2.74. The van der Waals surface area contributed by atoms with Gasteiger partial charge in [0.1, 0.15) is 6.10 Å². The second-order valence-corrected chi connectivity index (χ2v) is 6.05. The minimum absolute atomic E-state index is 0.0734. The largest absolute Gasteiger partial charge is 0.481 e. The van der Waals surface area contributed by atoms with Crippen molar-refractivity contribution in [3.05, 3.63) is 30.1 Å². The van der Waals surface area contributed by atoms with Gasteiger partial charge in [0.2, 0.25) is 0 Å². The van der Waals surface area contributed by atoms with Gasteiger partial charge in [-0.05, 0) is 25.0 Å². The van der Waals surface area contributed by atoms with Crippen LogP contribution >= 0.6 is 0 Å². The number of rotatable bonds is 5. The maximum atomic E-state index is 13.4. The van der Waals surface area contributed by atoms with E-state index in [2.05, 4.69) is 5.32 Å². The molecule has 1 aromatic carbocycles. The van der Waals surface area contributed by atoms with Crippen LogP contribution in [-0.4, -0.2) is 37.6 Å². The molecule has 5 nitrogen and oxygen atoms in total. The van der Waals surface area contributed by atoms with Gasteiger partial charge in [-0.15, -0.1) is 0 Å². The van der Waals surface area contributed by atoms with Gasteiger partial charge >= 0.3 is 0 Å². The maximum absolute atomic E-state index is 13.4. The molecule has 3 rings (SSSR count). The molecule has 1 N–H and O–H groups in total. The molecule has 1 spiro atoms. The van der Waals surface area contributed by atoms with E-state index in [1.54, 1.807) is 12.1 Å². The molecule has 0 radical (unpaired) electrons. The van der Waals surface area contributed by atoms with Crippen molar-refractivity contribution in [1.82, 2.24) is 5.32 Å². The molecule has 0 unspecified atom stereocenters. The summed E-state index contributed by atoms with van der Waals surface area (Å²) in [6, 6.07) is 6.01. The topological polar surface area (TPSA) is 56.8 Å². The number of carbonyl (C=O) groups excluding carboxylic acids is 1. The van der Waals surface area contributed by atoms with Crippen molar-refractivity contribution >= 4 is 5.91 Å². The lowest BCUT2D eigenvalue weighted by Crippen LogP contribution is -2.38. The average molecular weight is 323 g/mol. The van der Waals surface area contributed by atoms with Gasteiger partial charge in [0.15, 0.2) is 24.0 Å². The van der Waals surface area contributed by atoms with Crippen molar-refractivity contribution in [3.63, 3.8) is 0 Å². The zero-order chi connectivity index (χ0) is 16.1. The number of ether oxygens (including phenoxy) is 3. The van der Waals surface area contributed by atoms with Gasteiger partial charge in [-0.1, -0.05) is 18.6 Å². The van der Waals surface area contributed by atoms with E-state index in [0.29, 0.717) is 13.2 Å². The number of carbonyl (C=O) groups is 1. The molecule has 1 heterocycles. The molecule has 0 aromatic heterocycles. The first-order chi connectivity index (χ1) is 11.2. The summed E-state index contributed by atoms with van der Waals surface area (Å²) in [6.45, 7) is 0.648. The zero-order valence-corrected chi connectivity index (χ0v) is 13.1. The van der Waals surface area contributed by atoms with Gasteiger partial charge < -0.3 is 19.5 Å². The van der Waals surface area contributed by atoms with Gasteiger partial charge in [-0.2, -0.15) is 0 Å². The molecule has 126 valence electrons. The average Bonchev–Trinajstić information content (AvgIpc) is 2.95. The maximum Gasteiger partial charge on any atom is 0.258 e. The Labute approximate surface area is 135 Å². The highest BCUT2D eigenvalue weighted by Crippen LogP contribution is 2.37. The lowest BCUT2D eigenvalue weighted by molar-refractivity contribution is -0.186. The van der Waals surface area contributed by atoms with E-state index in [1.807, 2.05) is 0 Å². The van der Waals surface area contributed by atoms with E-state index in [9.17, 15) is 9.18 Å². The highest BCUT2D eigenvalue weighted by molar-refractivity contribution is 5.77. The van der Waals surface area contributed by atoms with Crippen LogP contribution in [0.2, 0.25) is 0 Å². The number of para-hydroxylation sites is 1. The molecule has 23 heavy (non-hydrogen) atoms. The Bertz CT molecular complexity index is 545. The molecule has 6 heteroatoms. The number of benzene rings is 1. The molecular formula is C17H22FNO4. The highest BCUT2D eigenvalue weighted by atomic mass is 19.1. The standard InChI is InChI=1S/C17H22FNO4/c18-14-6-2-3-7-15(14)21-12-16(20)19-10-13-11-22-17(23-13)8-4-1-5-9-17/h2-3,6-7,13H,1,4-5,8-12H2,(H,19,20)/t13-/m1/s1. The fourth-order valence-corrected chi connectivity index (χ4v) is 3.05. The molecule has 1 aromatic rings. The molecule has 0 bridgehead atoms. The molecule has 2 fully saturated rings. The monoisotopic (exact) mass is 323 g/mol. The number of hydrogen-bond acceptors (Lipinski definition) is 4. The van der Waals surface area contributed by atoms with E-state index < -0.39 is 11.6 Å². The van der Waals surface area contributed by atoms with Gasteiger partial charge in [0.05, 0.1) is 6.61 Å². The summed E-state index contributed by atoms with van der Waals surface area (Å²) in [5.41, 5.74) is 0. The van der Waals surface area contributed by atoms with Crippen LogP contribution in [0.5, 0.6) is 5.75 Å². The number of nitrogens with one attached hydrogen (secondary N) is 1. The van der Waals surface area contributed by atoms with Gasteiger partial charge in [0.25, 0.3) is 5.91 Å². The minimum Gasteiger partial charge on any atom is -0.481 e. The summed E-state index contributed by atoms with van der Waals surface area (Å²) in [7, 11) is 0. The Hall–Kier alpha value is -1.66. The molecule has 1 aliphatic carbocycles. The minimum atomic E-state index is -0.480. The van der Waals surface area contributed by atoms with Crippen LogP contribution in [0.3, 0.4) is 0 Å². The van der Waals surface area contributed by atoms with Gasteiger partial charge in [-0.3, -0.25) is 4.79 Å². The van der Waals surface area contributed by atoms with Crippen molar-refractivity contribution in [2.45, 2.75) is 44.0 Å². The van der Waals surface area contributed by atoms with E-state index in [4.69, 9.17) is 14.2 Å². The van der Waals surface area contributed by atoms with E-state index in [0.717, 1.165) is 25.7 Å². The second-order valence-electron chi connectivity index (χ2n) is 6.05. The Balaban J connectivity index is 1.39. The van der Waals surface area contributed by atoms with E-state index in [1.165, 1.54) is 18.6 Å². The Morgan fingerprint density at radius 3 is 2.87 bits per heavy atom. The van der Waals surface area contributed by atoms with Crippen LogP contribution in [0, 0.1) is 5.82 Å². The molecule has 1 amide bonds. The molecule has 1 saturated heterocycles. The highest BCUT2D eigenvalue weighted by Gasteiger charge is 2.42. The summed E-state index contributed by atoms with van der Waals surface area (Å²) >= 11 is 0. The molecular weight excluding hydrogens is 301 g/mol. The lowest BCUT2D eigenvalue weighted by Gasteiger charge is -2.31. The number of amides is 1. The predicted molar refractivity (Wildman–Crippen MR) is 81.5 cm³/mol. The normalized spacial score (nSPS) is 22.9. The van der Waals surface area contributed by atoms with E-state index in [-0.39, 0.29) is 24.4 Å². The first-order valence-electron chi connectivity index (χ1n) is 8.13. The van der Waals surface area contributed by atoms with Crippen LogP contribution in [0.15, 0.2) is 24.3 Å². The van der Waals surface area contributed by atoms with E-state index >= 15 is 0 Å². The van der Waals surface area contributed by atoms with Crippen molar-refractivity contribution in [1.29, 1.82) is 0 Å². The third-order valence-corrected chi connectivity index (χ3v) is 4.25. The first-order valence-corrected chi connectivity index (χ1v) is 8.13. The van der Waals surface area contributed by atoms with Crippen molar-refractivity contribution < 1.29 is 23.4 Å². The van der Waals surface area contributed by atoms with Crippen molar-refractivity contribution in [2.24, 2.45) is 0 Å². The smallest absolute Gasteiger partial charge is 0.258 e. The summed E-state index contributed by atoms with van der Waals surface area (Å²) < 4.78 is 30.3. The van der Waals surface area contributed by atoms with Crippen LogP contribution < -0.4 is 10.1 Å². The predicted octanol–water partition coefficient (Wildman–Crippen LogP) is 2.40. The Morgan fingerprint density at radius 1 is 1.30 bits per heavy atom. The fraction of sp³-hybridized carbons (Fsp3) is 0.588. The lowest BCUT2D eigenvalue weighted by atomic mass is 9.94. The van der Waals surface area contributed by atoms with Gasteiger partial charge in [0, 0.05) is 19.4 Å². The first kappa shape index (κ1) is 16.2. The van der Waals surface area contributed by atoms with Crippen molar-refractivity contribution in [2.75, 3.05) is 19.8 Å². The SMILES string of the molecule is O=C(COc1ccccc1F)NC[C@@H]1COC2(CCCCC2)O1. The van der Waals surface area contributed by atoms with Crippen LogP contribution in [0.4, 0.5) is 4.39 Å². The second kappa shape index (κ2) is 7.27. The fourth-order valence-electron chi connectivity index (χ4n) is 3.05. The van der Waals surface area contributed by atoms with Crippen LogP contribution in [-0.2, 0) is 14.3 Å². The summed E-state index contributed by atoms with van der Waals surface area (Å²) in [5.74, 6) is -1.14. The summed E-state index contributed by atoms with van der Waals surface area (Å²) in [6.07, 6.45) is 5.18. The third kappa shape index (κ3) is 4.20.